The molecule has 7 heteroatoms. The van der Waals surface area contributed by atoms with Crippen molar-refractivity contribution in [2.75, 3.05) is 19.8 Å². The first-order valence-corrected chi connectivity index (χ1v) is 7.31. The zero-order valence-corrected chi connectivity index (χ0v) is 12.7. The van der Waals surface area contributed by atoms with Gasteiger partial charge in [0.1, 0.15) is 5.05 Å². The minimum absolute atomic E-state index is 0. The van der Waals surface area contributed by atoms with Crippen molar-refractivity contribution in [2.24, 2.45) is 0 Å². The van der Waals surface area contributed by atoms with E-state index in [2.05, 4.69) is 0 Å². The first-order valence-electron chi connectivity index (χ1n) is 5.27. The molecule has 0 heterocycles. The zero-order valence-electron chi connectivity index (χ0n) is 10.9. The van der Waals surface area contributed by atoms with Gasteiger partial charge in [0.15, 0.2) is 0 Å². The molecule has 0 rings (SSSR count). The Bertz CT molecular complexity index is 177. The first-order chi connectivity index (χ1) is 7.14. The molecule has 0 atom stereocenters. The van der Waals surface area contributed by atoms with Gasteiger partial charge < -0.3 is 17.7 Å². The molecular weight excluding hydrogens is 239 g/mol. The molecule has 0 amide bonds. The van der Waals surface area contributed by atoms with Gasteiger partial charge in [-0.25, -0.2) is 0 Å². The van der Waals surface area contributed by atoms with Gasteiger partial charge in [-0.2, -0.15) is 0 Å². The maximum atomic E-state index is 5.51. The van der Waals surface area contributed by atoms with Crippen LogP contribution in [0.25, 0.3) is 0 Å². The van der Waals surface area contributed by atoms with Gasteiger partial charge in [0.2, 0.25) is 0 Å². The third-order valence-corrected chi connectivity index (χ3v) is 4.43. The molecule has 0 N–H and O–H groups in total. The predicted octanol–water partition coefficient (Wildman–Crippen LogP) is 1.90. The van der Waals surface area contributed by atoms with Gasteiger partial charge in [0.05, 0.1) is 0 Å². The summed E-state index contributed by atoms with van der Waals surface area (Å²) in [7, 11) is -3.02. The van der Waals surface area contributed by atoms with E-state index < -0.39 is 9.05 Å². The number of hydrogen-bond acceptors (Lipinski definition) is 5. The van der Waals surface area contributed by atoms with Crippen molar-refractivity contribution in [3.63, 3.8) is 0 Å². The van der Waals surface area contributed by atoms with E-state index in [1.165, 1.54) is 0 Å². The molecular formula is C9H20LiO4SSi. The normalized spacial score (nSPS) is 10.8. The molecule has 0 saturated carbocycles. The van der Waals surface area contributed by atoms with Gasteiger partial charge in [0.25, 0.3) is 0 Å². The molecule has 0 unspecified atom stereocenters. The van der Waals surface area contributed by atoms with E-state index >= 15 is 0 Å². The molecule has 0 aliphatic carbocycles. The Balaban J connectivity index is 0. The van der Waals surface area contributed by atoms with E-state index in [0.29, 0.717) is 31.3 Å². The van der Waals surface area contributed by atoms with E-state index in [1.807, 2.05) is 27.7 Å². The fourth-order valence-electron chi connectivity index (χ4n) is 0.955. The summed E-state index contributed by atoms with van der Waals surface area (Å²) in [5.74, 6) is 0. The topological polar surface area (TPSA) is 36.9 Å². The van der Waals surface area contributed by atoms with Gasteiger partial charge in [0, 0.05) is 45.1 Å². The predicted molar refractivity (Wildman–Crippen MR) is 70.4 cm³/mol. The van der Waals surface area contributed by atoms with Crippen LogP contribution in [0, 0.1) is 0 Å². The van der Waals surface area contributed by atoms with Crippen LogP contribution >= 0.6 is 12.2 Å². The second-order valence-corrected chi connectivity index (χ2v) is 5.15. The molecule has 1 radical (unpaired) electrons. The molecule has 0 aromatic carbocycles. The Morgan fingerprint density at radius 3 is 1.56 bits per heavy atom. The summed E-state index contributed by atoms with van der Waals surface area (Å²) >= 11 is 5.02. The van der Waals surface area contributed by atoms with Crippen LogP contribution < -0.4 is 0 Å². The standard InChI is InChI=1S/C9H20O4SSi.Li/c1-5-9(14)13-15(10-6-2,11-7-3)12-8-4;/h5-8H2,1-4H3;. The number of rotatable bonds is 8. The molecule has 4 nitrogen and oxygen atoms in total. The Labute approximate surface area is 117 Å². The van der Waals surface area contributed by atoms with E-state index in [9.17, 15) is 0 Å². The Morgan fingerprint density at radius 2 is 1.31 bits per heavy atom. The van der Waals surface area contributed by atoms with Crippen LogP contribution in [-0.2, 0) is 17.7 Å². The minimum atomic E-state index is -3.02. The van der Waals surface area contributed by atoms with Crippen LogP contribution in [0.2, 0.25) is 0 Å². The summed E-state index contributed by atoms with van der Waals surface area (Å²) in [5.41, 5.74) is 0. The van der Waals surface area contributed by atoms with Crippen molar-refractivity contribution in [1.82, 2.24) is 0 Å². The molecule has 91 valence electrons. The van der Waals surface area contributed by atoms with Crippen LogP contribution in [0.1, 0.15) is 34.1 Å². The SMILES string of the molecule is CCO[Si](OCC)(OCC)OC(=S)CC.[Li]. The minimum Gasteiger partial charge on any atom is -0.474 e. The van der Waals surface area contributed by atoms with Crippen molar-refractivity contribution < 1.29 is 17.7 Å². The molecule has 16 heavy (non-hydrogen) atoms. The molecule has 0 aromatic heterocycles. The molecule has 0 aliphatic heterocycles. The molecule has 0 saturated heterocycles. The maximum Gasteiger partial charge on any atom is 0.750 e. The second-order valence-electron chi connectivity index (χ2n) is 2.63. The summed E-state index contributed by atoms with van der Waals surface area (Å²) in [5, 5.41) is 0.469. The Morgan fingerprint density at radius 1 is 0.938 bits per heavy atom. The summed E-state index contributed by atoms with van der Waals surface area (Å²) in [6, 6.07) is 0. The van der Waals surface area contributed by atoms with Gasteiger partial charge in [-0.3, -0.25) is 0 Å². The van der Waals surface area contributed by atoms with Crippen molar-refractivity contribution in [3.05, 3.63) is 0 Å². The Hall–Kier alpha value is 0.584. The average Bonchev–Trinajstić information content (AvgIpc) is 2.18. The second kappa shape index (κ2) is 10.7. The van der Waals surface area contributed by atoms with Crippen LogP contribution in [0.5, 0.6) is 0 Å². The van der Waals surface area contributed by atoms with Crippen LogP contribution in [0.15, 0.2) is 0 Å². The summed E-state index contributed by atoms with van der Waals surface area (Å²) < 4.78 is 21.9. The third kappa shape index (κ3) is 7.02. The van der Waals surface area contributed by atoms with E-state index in [0.717, 1.165) is 0 Å². The fourth-order valence-corrected chi connectivity index (χ4v) is 3.17. The summed E-state index contributed by atoms with van der Waals surface area (Å²) in [4.78, 5) is 0. The molecule has 0 aliphatic rings. The van der Waals surface area contributed by atoms with E-state index in [-0.39, 0.29) is 18.9 Å². The van der Waals surface area contributed by atoms with Crippen molar-refractivity contribution in [2.45, 2.75) is 34.1 Å². The van der Waals surface area contributed by atoms with E-state index in [1.54, 1.807) is 0 Å². The van der Waals surface area contributed by atoms with Crippen molar-refractivity contribution >= 4 is 45.2 Å². The van der Waals surface area contributed by atoms with Gasteiger partial charge in [-0.1, -0.05) is 6.92 Å². The largest absolute Gasteiger partial charge is 0.750 e. The van der Waals surface area contributed by atoms with Gasteiger partial charge >= 0.3 is 9.05 Å². The van der Waals surface area contributed by atoms with Crippen molar-refractivity contribution in [3.8, 4) is 0 Å². The van der Waals surface area contributed by atoms with Gasteiger partial charge in [-0.15, -0.1) is 0 Å². The van der Waals surface area contributed by atoms with Gasteiger partial charge in [-0.05, 0) is 33.0 Å². The smallest absolute Gasteiger partial charge is 0.474 e. The quantitative estimate of drug-likeness (QED) is 0.491. The molecule has 0 bridgehead atoms. The molecule has 0 spiro atoms. The van der Waals surface area contributed by atoms with Crippen LogP contribution in [0.4, 0.5) is 0 Å². The Kier molecular flexibility index (Phi) is 12.7. The van der Waals surface area contributed by atoms with Crippen LogP contribution in [0.3, 0.4) is 0 Å². The molecule has 0 fully saturated rings. The average molecular weight is 259 g/mol. The monoisotopic (exact) mass is 259 g/mol. The fraction of sp³-hybridized carbons (Fsp3) is 0.889. The number of hydrogen-bond donors (Lipinski definition) is 0. The van der Waals surface area contributed by atoms with Crippen LogP contribution in [-0.4, -0.2) is 52.8 Å². The van der Waals surface area contributed by atoms with E-state index in [4.69, 9.17) is 29.9 Å². The maximum absolute atomic E-state index is 5.51. The first kappa shape index (κ1) is 18.9. The molecule has 0 aromatic rings. The summed E-state index contributed by atoms with van der Waals surface area (Å²) in [6.45, 7) is 9.00. The zero-order chi connectivity index (χ0) is 11.7. The third-order valence-electron chi connectivity index (χ3n) is 1.49. The summed E-state index contributed by atoms with van der Waals surface area (Å²) in [6.07, 6.45) is 0.650. The number of thiocarbonyl (C=S) groups is 1. The van der Waals surface area contributed by atoms with Crippen molar-refractivity contribution in [1.29, 1.82) is 0 Å².